The second kappa shape index (κ2) is 5.22. The van der Waals surface area contributed by atoms with Crippen molar-refractivity contribution in [3.05, 3.63) is 35.9 Å². The third-order valence-electron chi connectivity index (χ3n) is 2.99. The van der Waals surface area contributed by atoms with Gasteiger partial charge in [-0.3, -0.25) is 0 Å². The van der Waals surface area contributed by atoms with E-state index in [9.17, 15) is 0 Å². The summed E-state index contributed by atoms with van der Waals surface area (Å²) >= 11 is 0. The van der Waals surface area contributed by atoms with Crippen molar-refractivity contribution in [1.29, 1.82) is 0 Å². The Hall–Kier alpha value is -2.17. The van der Waals surface area contributed by atoms with Crippen LogP contribution in [0, 0.1) is 6.92 Å². The lowest BCUT2D eigenvalue weighted by Gasteiger charge is -2.10. The van der Waals surface area contributed by atoms with Crippen molar-refractivity contribution >= 4 is 5.69 Å². The smallest absolute Gasteiger partial charge is 0.163 e. The zero-order valence-corrected chi connectivity index (χ0v) is 10.9. The number of nitrogens with one attached hydrogen (secondary N) is 2. The number of rotatable bonds is 3. The molecule has 1 aromatic carbocycles. The van der Waals surface area contributed by atoms with Crippen LogP contribution in [0.1, 0.15) is 17.9 Å². The molecule has 0 radical (unpaired) electrons. The highest BCUT2D eigenvalue weighted by Crippen LogP contribution is 2.32. The average molecular weight is 259 g/mol. The molecule has 5 nitrogen and oxygen atoms in total. The SMILES string of the molecule is Cc1ncc(CNc2ccc3c(c2)OCCCO3)[nH]1. The topological polar surface area (TPSA) is 59.2 Å². The maximum atomic E-state index is 5.66. The molecule has 1 aromatic heterocycles. The first-order valence-electron chi connectivity index (χ1n) is 6.45. The summed E-state index contributed by atoms with van der Waals surface area (Å²) < 4.78 is 11.3. The van der Waals surface area contributed by atoms with Gasteiger partial charge in [-0.25, -0.2) is 4.98 Å². The fraction of sp³-hybridized carbons (Fsp3) is 0.357. The van der Waals surface area contributed by atoms with Gasteiger partial charge in [0, 0.05) is 18.2 Å². The fourth-order valence-corrected chi connectivity index (χ4v) is 2.03. The Kier molecular flexibility index (Phi) is 3.27. The molecule has 0 spiro atoms. The van der Waals surface area contributed by atoms with E-state index in [1.54, 1.807) is 0 Å². The second-order valence-electron chi connectivity index (χ2n) is 4.56. The number of benzene rings is 1. The lowest BCUT2D eigenvalue weighted by molar-refractivity contribution is 0.297. The predicted molar refractivity (Wildman–Crippen MR) is 72.7 cm³/mol. The molecule has 1 aliphatic heterocycles. The number of hydrogen-bond acceptors (Lipinski definition) is 4. The van der Waals surface area contributed by atoms with Gasteiger partial charge < -0.3 is 19.8 Å². The quantitative estimate of drug-likeness (QED) is 0.889. The summed E-state index contributed by atoms with van der Waals surface area (Å²) in [6.45, 7) is 4.07. The number of fused-ring (bicyclic) bond motifs is 1. The number of H-pyrrole nitrogens is 1. The minimum absolute atomic E-state index is 0.705. The van der Waals surface area contributed by atoms with E-state index in [4.69, 9.17) is 9.47 Å². The second-order valence-corrected chi connectivity index (χ2v) is 4.56. The van der Waals surface area contributed by atoms with Crippen LogP contribution in [0.2, 0.25) is 0 Å². The molecule has 0 saturated carbocycles. The maximum Gasteiger partial charge on any atom is 0.163 e. The minimum Gasteiger partial charge on any atom is -0.490 e. The summed E-state index contributed by atoms with van der Waals surface area (Å²) in [5.74, 6) is 2.55. The van der Waals surface area contributed by atoms with Gasteiger partial charge >= 0.3 is 0 Å². The molecule has 2 aromatic rings. The van der Waals surface area contributed by atoms with Crippen LogP contribution in [0.25, 0.3) is 0 Å². The van der Waals surface area contributed by atoms with Gasteiger partial charge in [0.25, 0.3) is 0 Å². The molecular formula is C14H17N3O2. The molecule has 0 bridgehead atoms. The highest BCUT2D eigenvalue weighted by Gasteiger charge is 2.10. The summed E-state index contributed by atoms with van der Waals surface area (Å²) in [5.41, 5.74) is 2.07. The first-order valence-corrected chi connectivity index (χ1v) is 6.45. The Balaban J connectivity index is 1.69. The molecule has 0 atom stereocenters. The highest BCUT2D eigenvalue weighted by atomic mass is 16.5. The molecule has 0 aliphatic carbocycles. The molecule has 5 heteroatoms. The summed E-state index contributed by atoms with van der Waals surface area (Å²) in [5, 5.41) is 3.34. The average Bonchev–Trinajstić information content (AvgIpc) is 2.70. The molecule has 19 heavy (non-hydrogen) atoms. The van der Waals surface area contributed by atoms with E-state index in [1.807, 2.05) is 31.3 Å². The van der Waals surface area contributed by atoms with Crippen molar-refractivity contribution in [2.24, 2.45) is 0 Å². The normalized spacial score (nSPS) is 13.9. The molecular weight excluding hydrogens is 242 g/mol. The summed E-state index contributed by atoms with van der Waals surface area (Å²) in [6.07, 6.45) is 2.76. The van der Waals surface area contributed by atoms with Gasteiger partial charge in [0.2, 0.25) is 0 Å². The molecule has 3 rings (SSSR count). The number of imidazole rings is 1. The standard InChI is InChI=1S/C14H17N3O2/c1-10-15-8-12(17-10)9-16-11-3-4-13-14(7-11)19-6-2-5-18-13/h3-4,7-8,16H,2,5-6,9H2,1H3,(H,15,17). The lowest BCUT2D eigenvalue weighted by Crippen LogP contribution is -2.00. The molecule has 0 fully saturated rings. The fourth-order valence-electron chi connectivity index (χ4n) is 2.03. The predicted octanol–water partition coefficient (Wildman–Crippen LogP) is 2.49. The molecule has 2 heterocycles. The third kappa shape index (κ3) is 2.81. The van der Waals surface area contributed by atoms with E-state index >= 15 is 0 Å². The number of aryl methyl sites for hydroxylation is 1. The molecule has 0 amide bonds. The minimum atomic E-state index is 0.705. The van der Waals surface area contributed by atoms with Crippen LogP contribution in [-0.2, 0) is 6.54 Å². The van der Waals surface area contributed by atoms with Gasteiger partial charge in [-0.05, 0) is 19.1 Å². The molecule has 0 saturated heterocycles. The Labute approximate surface area is 112 Å². The Morgan fingerprint density at radius 2 is 2.11 bits per heavy atom. The zero-order chi connectivity index (χ0) is 13.1. The third-order valence-corrected chi connectivity index (χ3v) is 2.99. The Morgan fingerprint density at radius 1 is 1.26 bits per heavy atom. The van der Waals surface area contributed by atoms with Crippen molar-refractivity contribution in [3.8, 4) is 11.5 Å². The summed E-state index contributed by atoms with van der Waals surface area (Å²) in [7, 11) is 0. The van der Waals surface area contributed by atoms with Gasteiger partial charge in [-0.15, -0.1) is 0 Å². The van der Waals surface area contributed by atoms with Gasteiger partial charge in [-0.2, -0.15) is 0 Å². The highest BCUT2D eigenvalue weighted by molar-refractivity contribution is 5.55. The summed E-state index contributed by atoms with van der Waals surface area (Å²) in [6, 6.07) is 5.92. The van der Waals surface area contributed by atoms with Crippen LogP contribution in [0.15, 0.2) is 24.4 Å². The first kappa shape index (κ1) is 11.9. The first-order chi connectivity index (χ1) is 9.31. The number of hydrogen-bond donors (Lipinski definition) is 2. The molecule has 100 valence electrons. The van der Waals surface area contributed by atoms with Gasteiger partial charge in [0.05, 0.1) is 31.6 Å². The largest absolute Gasteiger partial charge is 0.490 e. The van der Waals surface area contributed by atoms with Crippen LogP contribution in [0.4, 0.5) is 5.69 Å². The van der Waals surface area contributed by atoms with Gasteiger partial charge in [-0.1, -0.05) is 0 Å². The van der Waals surface area contributed by atoms with E-state index in [0.29, 0.717) is 19.8 Å². The van der Waals surface area contributed by atoms with Crippen LogP contribution in [0.3, 0.4) is 0 Å². The van der Waals surface area contributed by atoms with Crippen molar-refractivity contribution in [2.45, 2.75) is 19.9 Å². The number of aromatic amines is 1. The maximum absolute atomic E-state index is 5.66. The van der Waals surface area contributed by atoms with Crippen LogP contribution < -0.4 is 14.8 Å². The molecule has 1 aliphatic rings. The van der Waals surface area contributed by atoms with Gasteiger partial charge in [0.15, 0.2) is 11.5 Å². The van der Waals surface area contributed by atoms with Crippen molar-refractivity contribution in [2.75, 3.05) is 18.5 Å². The van der Waals surface area contributed by atoms with Gasteiger partial charge in [0.1, 0.15) is 5.82 Å². The van der Waals surface area contributed by atoms with Crippen molar-refractivity contribution in [3.63, 3.8) is 0 Å². The molecule has 0 unspecified atom stereocenters. The van der Waals surface area contributed by atoms with Crippen molar-refractivity contribution < 1.29 is 9.47 Å². The number of aromatic nitrogens is 2. The number of ether oxygens (including phenoxy) is 2. The number of anilines is 1. The van der Waals surface area contributed by atoms with Crippen LogP contribution in [-0.4, -0.2) is 23.2 Å². The van der Waals surface area contributed by atoms with Crippen LogP contribution in [0.5, 0.6) is 11.5 Å². The van der Waals surface area contributed by atoms with E-state index in [0.717, 1.165) is 35.1 Å². The monoisotopic (exact) mass is 259 g/mol. The van der Waals surface area contributed by atoms with E-state index in [1.165, 1.54) is 0 Å². The lowest BCUT2D eigenvalue weighted by atomic mass is 10.2. The van der Waals surface area contributed by atoms with Crippen LogP contribution >= 0.6 is 0 Å². The zero-order valence-electron chi connectivity index (χ0n) is 10.9. The van der Waals surface area contributed by atoms with E-state index in [2.05, 4.69) is 15.3 Å². The van der Waals surface area contributed by atoms with E-state index in [-0.39, 0.29) is 0 Å². The number of nitrogens with zero attached hydrogens (tertiary/aromatic N) is 1. The summed E-state index contributed by atoms with van der Waals surface area (Å²) in [4.78, 5) is 7.36. The van der Waals surface area contributed by atoms with Crippen molar-refractivity contribution in [1.82, 2.24) is 9.97 Å². The Morgan fingerprint density at radius 3 is 2.89 bits per heavy atom. The Bertz CT molecular complexity index is 566. The van der Waals surface area contributed by atoms with E-state index < -0.39 is 0 Å². The molecule has 2 N–H and O–H groups in total.